The van der Waals surface area contributed by atoms with Crippen LogP contribution >= 0.6 is 11.3 Å². The maximum Gasteiger partial charge on any atom is 0.283 e. The van der Waals surface area contributed by atoms with Gasteiger partial charge in [-0.05, 0) is 55.9 Å². The van der Waals surface area contributed by atoms with Crippen LogP contribution in [0.25, 0.3) is 21.7 Å². The molecule has 2 fully saturated rings. The number of nitrogens with two attached hydrogens (primary N) is 1. The molecule has 0 unspecified atom stereocenters. The molecule has 1 aliphatic carbocycles. The lowest BCUT2D eigenvalue weighted by molar-refractivity contribution is -0.0586. The van der Waals surface area contributed by atoms with Gasteiger partial charge in [-0.1, -0.05) is 36.4 Å². The van der Waals surface area contributed by atoms with Crippen molar-refractivity contribution in [3.8, 4) is 21.7 Å². The van der Waals surface area contributed by atoms with E-state index in [1.54, 1.807) is 17.0 Å². The highest BCUT2D eigenvalue weighted by atomic mass is 32.2. The van der Waals surface area contributed by atoms with Crippen molar-refractivity contribution in [2.45, 2.75) is 49.7 Å². The summed E-state index contributed by atoms with van der Waals surface area (Å²) >= 11 is 1.32. The Bertz CT molecular complexity index is 1300. The third kappa shape index (κ3) is 4.79. The molecule has 2 atom stereocenters. The van der Waals surface area contributed by atoms with E-state index in [0.29, 0.717) is 29.7 Å². The van der Waals surface area contributed by atoms with Gasteiger partial charge in [0.25, 0.3) is 5.91 Å². The van der Waals surface area contributed by atoms with Gasteiger partial charge >= 0.3 is 0 Å². The van der Waals surface area contributed by atoms with E-state index >= 15 is 0 Å². The fraction of sp³-hybridized carbons (Fsp3) is 0.360. The molecule has 0 radical (unpaired) electrons. The van der Waals surface area contributed by atoms with Gasteiger partial charge in [0.15, 0.2) is 5.01 Å². The van der Waals surface area contributed by atoms with Gasteiger partial charge in [0.05, 0.1) is 27.7 Å². The molecule has 0 bridgehead atoms. The first-order valence-corrected chi connectivity index (χ1v) is 13.7. The lowest BCUT2D eigenvalue weighted by Gasteiger charge is -2.34. The number of nitrogens with zero attached hydrogens (tertiary/aromatic N) is 2. The predicted molar refractivity (Wildman–Crippen MR) is 132 cm³/mol. The van der Waals surface area contributed by atoms with Crippen LogP contribution in [0.4, 0.5) is 0 Å². The summed E-state index contributed by atoms with van der Waals surface area (Å²) in [5, 5.41) is 5.67. The second-order valence-electron chi connectivity index (χ2n) is 9.13. The Hall–Kier alpha value is -2.59. The summed E-state index contributed by atoms with van der Waals surface area (Å²) in [6.07, 6.45) is 2.39. The number of sulfonamides is 1. The van der Waals surface area contributed by atoms with Gasteiger partial charge in [-0.25, -0.2) is 18.5 Å². The van der Waals surface area contributed by atoms with Crippen LogP contribution in [0.15, 0.2) is 53.4 Å². The van der Waals surface area contributed by atoms with Crippen LogP contribution in [0, 0.1) is 0 Å². The SMILES string of the molecule is C[C@@H]1CN(C(=O)c2nc(-c3ccc(C4CC4)cc3)c(-c3ccc(S(N)(=O)=O)cc3)s2)C[C@H](C)O1. The van der Waals surface area contributed by atoms with Gasteiger partial charge in [-0.15, -0.1) is 11.3 Å². The summed E-state index contributed by atoms with van der Waals surface area (Å²) in [6, 6.07) is 14.8. The molecule has 34 heavy (non-hydrogen) atoms. The van der Waals surface area contributed by atoms with Gasteiger partial charge in [0, 0.05) is 18.7 Å². The van der Waals surface area contributed by atoms with Crippen molar-refractivity contribution in [2.75, 3.05) is 13.1 Å². The number of ether oxygens (including phenoxy) is 1. The average Bonchev–Trinajstić information content (AvgIpc) is 3.56. The van der Waals surface area contributed by atoms with E-state index < -0.39 is 10.0 Å². The number of benzene rings is 2. The molecule has 2 heterocycles. The van der Waals surface area contributed by atoms with Crippen LogP contribution in [0.5, 0.6) is 0 Å². The molecule has 1 saturated heterocycles. The van der Waals surface area contributed by atoms with E-state index in [-0.39, 0.29) is 23.0 Å². The zero-order chi connectivity index (χ0) is 24.0. The van der Waals surface area contributed by atoms with E-state index in [0.717, 1.165) is 16.0 Å². The molecule has 1 aromatic heterocycles. The number of morpholine rings is 1. The lowest BCUT2D eigenvalue weighted by Crippen LogP contribution is -2.48. The maximum atomic E-state index is 13.4. The largest absolute Gasteiger partial charge is 0.372 e. The first-order chi connectivity index (χ1) is 16.2. The van der Waals surface area contributed by atoms with Crippen LogP contribution in [0.1, 0.15) is 48.0 Å². The van der Waals surface area contributed by atoms with Crippen LogP contribution in [-0.4, -0.2) is 49.5 Å². The third-order valence-corrected chi connectivity index (χ3v) is 8.22. The molecular weight excluding hydrogens is 470 g/mol. The molecule has 1 aliphatic heterocycles. The Morgan fingerprint density at radius 2 is 1.59 bits per heavy atom. The minimum atomic E-state index is -3.79. The zero-order valence-electron chi connectivity index (χ0n) is 19.1. The molecule has 3 aromatic rings. The molecule has 0 spiro atoms. The number of carbonyl (C=O) groups excluding carboxylic acids is 1. The summed E-state index contributed by atoms with van der Waals surface area (Å²) in [5.74, 6) is 0.535. The third-order valence-electron chi connectivity index (χ3n) is 6.19. The quantitative estimate of drug-likeness (QED) is 0.568. The summed E-state index contributed by atoms with van der Waals surface area (Å²) in [6.45, 7) is 4.96. The van der Waals surface area contributed by atoms with E-state index in [9.17, 15) is 13.2 Å². The highest BCUT2D eigenvalue weighted by molar-refractivity contribution is 7.89. The zero-order valence-corrected chi connectivity index (χ0v) is 20.7. The van der Waals surface area contributed by atoms with Gasteiger partial charge in [0.1, 0.15) is 0 Å². The average molecular weight is 498 g/mol. The molecule has 178 valence electrons. The van der Waals surface area contributed by atoms with Crippen LogP contribution in [-0.2, 0) is 14.8 Å². The van der Waals surface area contributed by atoms with Crippen molar-refractivity contribution in [2.24, 2.45) is 5.14 Å². The Labute approximate surface area is 203 Å². The fourth-order valence-corrected chi connectivity index (χ4v) is 5.98. The topological polar surface area (TPSA) is 103 Å². The van der Waals surface area contributed by atoms with E-state index in [2.05, 4.69) is 24.3 Å². The smallest absolute Gasteiger partial charge is 0.283 e. The van der Waals surface area contributed by atoms with Gasteiger partial charge < -0.3 is 9.64 Å². The molecular formula is C25H27N3O4S2. The lowest BCUT2D eigenvalue weighted by atomic mass is 10.0. The molecule has 5 rings (SSSR count). The number of primary sulfonamides is 1. The standard InChI is InChI=1S/C25H27N3O4S2/c1-15-13-28(14-16(2)32-15)25(29)24-27-22(19-7-5-18(6-8-19)17-3-4-17)23(33-24)20-9-11-21(12-10-20)34(26,30)31/h5-12,15-17H,3-4,13-14H2,1-2H3,(H2,26,30,31)/t15-,16+. The van der Waals surface area contributed by atoms with Gasteiger partial charge in [0.2, 0.25) is 10.0 Å². The van der Waals surface area contributed by atoms with Crippen molar-refractivity contribution in [3.63, 3.8) is 0 Å². The Morgan fingerprint density at radius 3 is 2.15 bits per heavy atom. The van der Waals surface area contributed by atoms with E-state index in [4.69, 9.17) is 14.9 Å². The first-order valence-electron chi connectivity index (χ1n) is 11.4. The number of aromatic nitrogens is 1. The molecule has 2 N–H and O–H groups in total. The Kier molecular flexibility index (Phi) is 6.05. The van der Waals surface area contributed by atoms with Crippen molar-refractivity contribution in [1.82, 2.24) is 9.88 Å². The number of thiazole rings is 1. The maximum absolute atomic E-state index is 13.4. The molecule has 2 aromatic carbocycles. The Morgan fingerprint density at radius 1 is 1.00 bits per heavy atom. The first kappa shape index (κ1) is 23.2. The summed E-state index contributed by atoms with van der Waals surface area (Å²) in [7, 11) is -3.79. The molecule has 7 nitrogen and oxygen atoms in total. The second-order valence-corrected chi connectivity index (χ2v) is 11.7. The number of hydrogen-bond acceptors (Lipinski definition) is 6. The fourth-order valence-electron chi connectivity index (χ4n) is 4.41. The summed E-state index contributed by atoms with van der Waals surface area (Å²) in [4.78, 5) is 20.8. The minimum Gasteiger partial charge on any atom is -0.372 e. The molecule has 9 heteroatoms. The van der Waals surface area contributed by atoms with Gasteiger partial charge in [-0.3, -0.25) is 4.79 Å². The Balaban J connectivity index is 1.54. The van der Waals surface area contributed by atoms with Gasteiger partial charge in [-0.2, -0.15) is 0 Å². The molecule has 1 amide bonds. The monoisotopic (exact) mass is 497 g/mol. The van der Waals surface area contributed by atoms with Crippen molar-refractivity contribution < 1.29 is 17.9 Å². The highest BCUT2D eigenvalue weighted by Crippen LogP contribution is 2.42. The number of hydrogen-bond donors (Lipinski definition) is 1. The van der Waals surface area contributed by atoms with Crippen molar-refractivity contribution in [1.29, 1.82) is 0 Å². The van der Waals surface area contributed by atoms with E-state index in [1.165, 1.54) is 41.9 Å². The number of carbonyl (C=O) groups is 1. The van der Waals surface area contributed by atoms with Crippen LogP contribution in [0.2, 0.25) is 0 Å². The molecule has 2 aliphatic rings. The minimum absolute atomic E-state index is 0.0349. The van der Waals surface area contributed by atoms with Crippen LogP contribution in [0.3, 0.4) is 0 Å². The summed E-state index contributed by atoms with van der Waals surface area (Å²) < 4.78 is 29.2. The molecule has 1 saturated carbocycles. The van der Waals surface area contributed by atoms with Crippen LogP contribution < -0.4 is 5.14 Å². The second kappa shape index (κ2) is 8.88. The van der Waals surface area contributed by atoms with Crippen molar-refractivity contribution in [3.05, 3.63) is 59.1 Å². The predicted octanol–water partition coefficient (Wildman–Crippen LogP) is 4.25. The summed E-state index contributed by atoms with van der Waals surface area (Å²) in [5.41, 5.74) is 3.75. The highest BCUT2D eigenvalue weighted by Gasteiger charge is 2.30. The number of amides is 1. The number of rotatable bonds is 5. The normalized spacial score (nSPS) is 21.0. The van der Waals surface area contributed by atoms with E-state index in [1.807, 2.05) is 13.8 Å². The van der Waals surface area contributed by atoms with Crippen molar-refractivity contribution >= 4 is 27.3 Å².